The molecule has 1 saturated heterocycles. The number of nitrogens with zero attached hydrogens (tertiary/aromatic N) is 5. The maximum absolute atomic E-state index is 12.6. The molecule has 0 bridgehead atoms. The van der Waals surface area contributed by atoms with Crippen LogP contribution in [0.4, 0.5) is 16.4 Å². The van der Waals surface area contributed by atoms with Crippen molar-refractivity contribution < 1.29 is 4.79 Å². The number of benzene rings is 2. The minimum Gasteiger partial charge on any atom is -0.338 e. The minimum atomic E-state index is -0.194. The molecule has 172 valence electrons. The van der Waals surface area contributed by atoms with Gasteiger partial charge in [0, 0.05) is 45.1 Å². The highest BCUT2D eigenvalue weighted by Crippen LogP contribution is 2.14. The van der Waals surface area contributed by atoms with Crippen molar-refractivity contribution in [3.05, 3.63) is 84.7 Å². The molecule has 4 rings (SSSR count). The number of rotatable bonds is 9. The fraction of sp³-hybridized carbons (Fsp3) is 0.320. The van der Waals surface area contributed by atoms with Gasteiger partial charge in [0.15, 0.2) is 0 Å². The summed E-state index contributed by atoms with van der Waals surface area (Å²) in [6, 6.07) is 21.6. The molecular formula is C25H31N7O. The first-order valence-corrected chi connectivity index (χ1v) is 11.4. The number of anilines is 2. The van der Waals surface area contributed by atoms with E-state index < -0.39 is 0 Å². The average molecular weight is 446 g/mol. The lowest BCUT2D eigenvalue weighted by molar-refractivity contribution is 0.235. The van der Waals surface area contributed by atoms with Crippen molar-refractivity contribution in [1.29, 1.82) is 0 Å². The number of carbonyl (C=O) groups excluding carboxylic acids is 1. The zero-order chi connectivity index (χ0) is 22.7. The van der Waals surface area contributed by atoms with E-state index in [-0.39, 0.29) is 6.03 Å². The maximum atomic E-state index is 12.6. The maximum Gasteiger partial charge on any atom is 0.333 e. The second-order valence-corrected chi connectivity index (χ2v) is 8.01. The summed E-state index contributed by atoms with van der Waals surface area (Å²) in [5, 5.41) is 4.86. The molecule has 0 radical (unpaired) electrons. The third-order valence-electron chi connectivity index (χ3n) is 5.63. The Morgan fingerprint density at radius 1 is 0.879 bits per heavy atom. The van der Waals surface area contributed by atoms with Gasteiger partial charge >= 0.3 is 6.03 Å². The van der Waals surface area contributed by atoms with Crippen molar-refractivity contribution >= 4 is 17.7 Å². The fourth-order valence-electron chi connectivity index (χ4n) is 3.86. The molecule has 8 nitrogen and oxygen atoms in total. The Labute approximate surface area is 195 Å². The predicted molar refractivity (Wildman–Crippen MR) is 131 cm³/mol. The van der Waals surface area contributed by atoms with E-state index in [2.05, 4.69) is 42.6 Å². The van der Waals surface area contributed by atoms with Crippen LogP contribution in [0.15, 0.2) is 79.1 Å². The van der Waals surface area contributed by atoms with Gasteiger partial charge in [-0.3, -0.25) is 9.91 Å². The van der Waals surface area contributed by atoms with Crippen molar-refractivity contribution in [3.63, 3.8) is 0 Å². The number of nitrogens with one attached hydrogen (secondary N) is 2. The summed E-state index contributed by atoms with van der Waals surface area (Å²) < 4.78 is 0. The number of carbonyl (C=O) groups is 1. The van der Waals surface area contributed by atoms with Crippen LogP contribution >= 0.6 is 0 Å². The Kier molecular flexibility index (Phi) is 8.08. The molecule has 2 heterocycles. The first kappa shape index (κ1) is 22.5. The Bertz CT molecular complexity index is 964. The summed E-state index contributed by atoms with van der Waals surface area (Å²) in [7, 11) is 0. The van der Waals surface area contributed by atoms with E-state index in [4.69, 9.17) is 0 Å². The van der Waals surface area contributed by atoms with Crippen molar-refractivity contribution in [2.45, 2.75) is 13.0 Å². The molecule has 0 saturated carbocycles. The van der Waals surface area contributed by atoms with Gasteiger partial charge in [-0.2, -0.15) is 0 Å². The van der Waals surface area contributed by atoms with Gasteiger partial charge in [0.25, 0.3) is 0 Å². The van der Waals surface area contributed by atoms with Gasteiger partial charge in [-0.25, -0.2) is 20.2 Å². The predicted octanol–water partition coefficient (Wildman–Crippen LogP) is 2.91. The molecule has 33 heavy (non-hydrogen) atoms. The van der Waals surface area contributed by atoms with Crippen molar-refractivity contribution in [3.8, 4) is 0 Å². The summed E-state index contributed by atoms with van der Waals surface area (Å²) in [6.45, 7) is 5.96. The Balaban J connectivity index is 1.19. The SMILES string of the molecule is O=C(NCCCN1CCN(c2ncccn2)CC1)NN(Cc1ccccc1)c1ccccc1. The van der Waals surface area contributed by atoms with E-state index in [1.54, 1.807) is 12.4 Å². The van der Waals surface area contributed by atoms with Crippen LogP contribution in [0.1, 0.15) is 12.0 Å². The monoisotopic (exact) mass is 445 g/mol. The highest BCUT2D eigenvalue weighted by atomic mass is 16.2. The highest BCUT2D eigenvalue weighted by Gasteiger charge is 2.18. The summed E-state index contributed by atoms with van der Waals surface area (Å²) in [4.78, 5) is 25.9. The quantitative estimate of drug-likeness (QED) is 0.390. The molecule has 3 aromatic rings. The normalized spacial score (nSPS) is 14.0. The summed E-state index contributed by atoms with van der Waals surface area (Å²) in [5.74, 6) is 0.800. The molecule has 0 spiro atoms. The van der Waals surface area contributed by atoms with Crippen LogP contribution in [0.25, 0.3) is 0 Å². The van der Waals surface area contributed by atoms with Crippen molar-refractivity contribution in [1.82, 2.24) is 25.6 Å². The molecule has 1 aromatic heterocycles. The Hall–Kier alpha value is -3.65. The van der Waals surface area contributed by atoms with Crippen LogP contribution in [0.3, 0.4) is 0 Å². The summed E-state index contributed by atoms with van der Waals surface area (Å²) in [6.07, 6.45) is 4.47. The molecular weight excluding hydrogens is 414 g/mol. The molecule has 1 aliphatic heterocycles. The molecule has 1 fully saturated rings. The van der Waals surface area contributed by atoms with Gasteiger partial charge in [-0.1, -0.05) is 48.5 Å². The molecule has 8 heteroatoms. The van der Waals surface area contributed by atoms with Crippen LogP contribution < -0.4 is 20.7 Å². The summed E-state index contributed by atoms with van der Waals surface area (Å²) >= 11 is 0. The molecule has 0 aliphatic carbocycles. The van der Waals surface area contributed by atoms with E-state index >= 15 is 0 Å². The number of amides is 2. The van der Waals surface area contributed by atoms with Crippen molar-refractivity contribution in [2.24, 2.45) is 0 Å². The van der Waals surface area contributed by atoms with Crippen LogP contribution in [0.2, 0.25) is 0 Å². The first-order valence-electron chi connectivity index (χ1n) is 11.4. The largest absolute Gasteiger partial charge is 0.338 e. The minimum absolute atomic E-state index is 0.194. The third-order valence-corrected chi connectivity index (χ3v) is 5.63. The Morgan fingerprint density at radius 3 is 2.24 bits per heavy atom. The van der Waals surface area contributed by atoms with Gasteiger partial charge < -0.3 is 10.2 Å². The highest BCUT2D eigenvalue weighted by molar-refractivity contribution is 5.76. The van der Waals surface area contributed by atoms with E-state index in [1.807, 2.05) is 59.6 Å². The van der Waals surface area contributed by atoms with Crippen LogP contribution in [0.5, 0.6) is 0 Å². The third kappa shape index (κ3) is 6.92. The Morgan fingerprint density at radius 2 is 1.55 bits per heavy atom. The lowest BCUT2D eigenvalue weighted by Gasteiger charge is -2.34. The number of aromatic nitrogens is 2. The second-order valence-electron chi connectivity index (χ2n) is 8.01. The second kappa shape index (κ2) is 11.8. The first-order chi connectivity index (χ1) is 16.3. The number of hydrogen-bond donors (Lipinski definition) is 2. The lowest BCUT2D eigenvalue weighted by Crippen LogP contribution is -2.49. The van der Waals surface area contributed by atoms with Crippen LogP contribution in [-0.2, 0) is 6.54 Å². The van der Waals surface area contributed by atoms with Gasteiger partial charge in [0.05, 0.1) is 12.2 Å². The van der Waals surface area contributed by atoms with Gasteiger partial charge in [-0.15, -0.1) is 0 Å². The molecule has 0 atom stereocenters. The van der Waals surface area contributed by atoms with Gasteiger partial charge in [0.2, 0.25) is 5.95 Å². The van der Waals surface area contributed by atoms with Crippen molar-refractivity contribution in [2.75, 3.05) is 49.2 Å². The molecule has 1 aliphatic rings. The number of para-hydroxylation sites is 1. The van der Waals surface area contributed by atoms with Crippen LogP contribution in [0, 0.1) is 0 Å². The molecule has 2 N–H and O–H groups in total. The van der Waals surface area contributed by atoms with Crippen LogP contribution in [-0.4, -0.2) is 60.2 Å². The summed E-state index contributed by atoms with van der Waals surface area (Å²) in [5.41, 5.74) is 5.06. The van der Waals surface area contributed by atoms with E-state index in [1.165, 1.54) is 0 Å². The zero-order valence-electron chi connectivity index (χ0n) is 18.8. The van der Waals surface area contributed by atoms with E-state index in [9.17, 15) is 4.79 Å². The standard InChI is InChI=1S/C25H31N7O/c33-25(29-32(23-11-5-2-6-12-23)21-22-9-3-1-4-10-22)28-15-8-16-30-17-19-31(20-18-30)24-26-13-7-14-27-24/h1-7,9-14H,8,15-21H2,(H2,28,29,33). The number of hydrogen-bond acceptors (Lipinski definition) is 6. The topological polar surface area (TPSA) is 76.6 Å². The molecule has 2 amide bonds. The fourth-order valence-corrected chi connectivity index (χ4v) is 3.86. The van der Waals surface area contributed by atoms with E-state index in [0.29, 0.717) is 13.1 Å². The molecule has 2 aromatic carbocycles. The van der Waals surface area contributed by atoms with Gasteiger partial charge in [-0.05, 0) is 36.7 Å². The van der Waals surface area contributed by atoms with E-state index in [0.717, 1.165) is 56.3 Å². The molecule has 0 unspecified atom stereocenters. The zero-order valence-corrected chi connectivity index (χ0v) is 18.8. The average Bonchev–Trinajstić information content (AvgIpc) is 2.88. The number of urea groups is 1. The lowest BCUT2D eigenvalue weighted by atomic mass is 10.2. The number of hydrazine groups is 1. The number of piperazine rings is 1. The smallest absolute Gasteiger partial charge is 0.333 e. The van der Waals surface area contributed by atoms with Gasteiger partial charge in [0.1, 0.15) is 0 Å².